The Morgan fingerprint density at radius 2 is 2.14 bits per heavy atom. The van der Waals surface area contributed by atoms with Gasteiger partial charge in [-0.2, -0.15) is 0 Å². The molecule has 2 N–H and O–H groups in total. The molecule has 3 atom stereocenters. The van der Waals surface area contributed by atoms with Gasteiger partial charge >= 0.3 is 6.03 Å². The van der Waals surface area contributed by atoms with Gasteiger partial charge in [0.25, 0.3) is 0 Å². The molecule has 0 saturated carbocycles. The van der Waals surface area contributed by atoms with Gasteiger partial charge in [0, 0.05) is 36.8 Å². The van der Waals surface area contributed by atoms with E-state index in [1.54, 1.807) is 11.1 Å². The Morgan fingerprint density at radius 1 is 1.32 bits per heavy atom. The van der Waals surface area contributed by atoms with Gasteiger partial charge in [0.15, 0.2) is 6.29 Å². The van der Waals surface area contributed by atoms with E-state index in [0.717, 1.165) is 5.69 Å². The van der Waals surface area contributed by atoms with Crippen molar-refractivity contribution in [3.8, 4) is 0 Å². The molecule has 0 radical (unpaired) electrons. The highest BCUT2D eigenvalue weighted by atomic mass is 16.2. The Labute approximate surface area is 129 Å². The molecule has 0 saturated heterocycles. The second-order valence-electron chi connectivity index (χ2n) is 5.12. The number of hydrogen-bond acceptors (Lipinski definition) is 4. The third-order valence-corrected chi connectivity index (χ3v) is 3.62. The molecule has 0 bridgehead atoms. The number of benzene rings is 1. The van der Waals surface area contributed by atoms with Crippen LogP contribution < -0.4 is 15.5 Å². The van der Waals surface area contributed by atoms with Gasteiger partial charge in [-0.3, -0.25) is 20.2 Å². The Morgan fingerprint density at radius 3 is 2.91 bits per heavy atom. The first kappa shape index (κ1) is 14.5. The van der Waals surface area contributed by atoms with E-state index in [4.69, 9.17) is 0 Å². The van der Waals surface area contributed by atoms with Gasteiger partial charge in [0.1, 0.15) is 0 Å². The van der Waals surface area contributed by atoms with Crippen LogP contribution in [0.2, 0.25) is 0 Å². The van der Waals surface area contributed by atoms with E-state index < -0.39 is 6.29 Å². The van der Waals surface area contributed by atoms with Crippen LogP contribution in [0, 0.1) is 5.92 Å². The molecular formula is C16H19N5O. The minimum absolute atomic E-state index is 0.0492. The third-order valence-electron chi connectivity index (χ3n) is 3.62. The van der Waals surface area contributed by atoms with Crippen LogP contribution >= 0.6 is 0 Å². The number of amides is 2. The van der Waals surface area contributed by atoms with Crippen molar-refractivity contribution in [2.45, 2.75) is 19.3 Å². The molecule has 1 aromatic carbocycles. The van der Waals surface area contributed by atoms with E-state index in [-0.39, 0.29) is 18.0 Å². The Balaban J connectivity index is 1.88. The van der Waals surface area contributed by atoms with Gasteiger partial charge in [-0.15, -0.1) is 0 Å². The molecule has 6 heteroatoms. The Hall–Kier alpha value is -2.47. The zero-order chi connectivity index (χ0) is 15.4. The average molecular weight is 297 g/mol. The van der Waals surface area contributed by atoms with Crippen LogP contribution in [0.5, 0.6) is 0 Å². The number of nitrogens with zero attached hydrogens (tertiary/aromatic N) is 3. The van der Waals surface area contributed by atoms with Crippen molar-refractivity contribution >= 4 is 24.1 Å². The minimum Gasteiger partial charge on any atom is -0.338 e. The number of aliphatic imine (C=N–C) groups is 2. The lowest BCUT2D eigenvalue weighted by molar-refractivity contribution is 0.242. The highest BCUT2D eigenvalue weighted by molar-refractivity contribution is 5.93. The maximum Gasteiger partial charge on any atom is 0.324 e. The molecule has 3 unspecified atom stereocenters. The van der Waals surface area contributed by atoms with Gasteiger partial charge in [0.05, 0.1) is 6.04 Å². The minimum atomic E-state index is -0.451. The molecule has 1 aromatic rings. The van der Waals surface area contributed by atoms with Gasteiger partial charge in [-0.1, -0.05) is 24.3 Å². The average Bonchev–Trinajstić information content (AvgIpc) is 2.56. The zero-order valence-electron chi connectivity index (χ0n) is 12.4. The number of carbonyl (C=O) groups is 1. The molecule has 0 fully saturated rings. The molecule has 0 spiro atoms. The molecular weight excluding hydrogens is 278 g/mol. The van der Waals surface area contributed by atoms with Crippen molar-refractivity contribution in [1.82, 2.24) is 10.6 Å². The van der Waals surface area contributed by atoms with Crippen molar-refractivity contribution in [1.29, 1.82) is 0 Å². The molecule has 3 rings (SSSR count). The summed E-state index contributed by atoms with van der Waals surface area (Å²) < 4.78 is 0. The number of fused-ring (bicyclic) bond motifs is 1. The first-order valence-electron chi connectivity index (χ1n) is 7.41. The Kier molecular flexibility index (Phi) is 4.29. The van der Waals surface area contributed by atoms with Crippen LogP contribution in [-0.2, 0) is 0 Å². The van der Waals surface area contributed by atoms with E-state index in [9.17, 15) is 4.79 Å². The molecule has 2 amide bonds. The number of rotatable bonds is 3. The van der Waals surface area contributed by atoms with Crippen LogP contribution in [0.4, 0.5) is 10.5 Å². The molecule has 0 aliphatic carbocycles. The van der Waals surface area contributed by atoms with Crippen LogP contribution in [0.25, 0.3) is 0 Å². The number of para-hydroxylation sites is 1. The summed E-state index contributed by atoms with van der Waals surface area (Å²) in [5.74, 6) is 0.181. The van der Waals surface area contributed by atoms with Crippen LogP contribution in [-0.4, -0.2) is 37.3 Å². The van der Waals surface area contributed by atoms with Crippen LogP contribution in [0.3, 0.4) is 0 Å². The molecule has 114 valence electrons. The lowest BCUT2D eigenvalue weighted by atomic mass is 9.99. The second-order valence-corrected chi connectivity index (χ2v) is 5.12. The SMILES string of the molecule is CCNC(=O)N(c1ccccc1)C1N=CC2C=CN=CC2N1. The topological polar surface area (TPSA) is 69.1 Å². The summed E-state index contributed by atoms with van der Waals surface area (Å²) in [6, 6.07) is 9.40. The van der Waals surface area contributed by atoms with Crippen molar-refractivity contribution < 1.29 is 4.79 Å². The van der Waals surface area contributed by atoms with Gasteiger partial charge in [-0.25, -0.2) is 4.79 Å². The summed E-state index contributed by atoms with van der Waals surface area (Å²) in [6.45, 7) is 2.46. The molecule has 6 nitrogen and oxygen atoms in total. The fraction of sp³-hybridized carbons (Fsp3) is 0.312. The quantitative estimate of drug-likeness (QED) is 0.892. The smallest absolute Gasteiger partial charge is 0.324 e. The number of urea groups is 1. The first-order valence-corrected chi connectivity index (χ1v) is 7.41. The summed E-state index contributed by atoms with van der Waals surface area (Å²) in [4.78, 5) is 22.8. The predicted molar refractivity (Wildman–Crippen MR) is 88.3 cm³/mol. The number of carbonyl (C=O) groups excluding carboxylic acids is 1. The fourth-order valence-corrected chi connectivity index (χ4v) is 2.54. The lowest BCUT2D eigenvalue weighted by Crippen LogP contribution is -2.58. The monoisotopic (exact) mass is 297 g/mol. The van der Waals surface area contributed by atoms with Gasteiger partial charge in [-0.05, 0) is 19.1 Å². The van der Waals surface area contributed by atoms with E-state index >= 15 is 0 Å². The summed E-state index contributed by atoms with van der Waals surface area (Å²) in [5.41, 5.74) is 0.796. The van der Waals surface area contributed by atoms with Crippen molar-refractivity contribution in [2.24, 2.45) is 15.9 Å². The summed E-state index contributed by atoms with van der Waals surface area (Å²) in [7, 11) is 0. The molecule has 2 heterocycles. The molecule has 0 aromatic heterocycles. The van der Waals surface area contributed by atoms with Crippen molar-refractivity contribution in [2.75, 3.05) is 11.4 Å². The standard InChI is InChI=1S/C16H19N5O/c1-2-18-16(22)21(13-6-4-3-5-7-13)15-19-10-12-8-9-17-11-14(12)20-15/h3-12,14-15,20H,2H2,1H3,(H,18,22). The second kappa shape index (κ2) is 6.53. The zero-order valence-corrected chi connectivity index (χ0v) is 12.4. The highest BCUT2D eigenvalue weighted by Gasteiger charge is 2.31. The number of hydrogen-bond donors (Lipinski definition) is 2. The van der Waals surface area contributed by atoms with E-state index in [0.29, 0.717) is 6.54 Å². The molecule has 22 heavy (non-hydrogen) atoms. The van der Waals surface area contributed by atoms with Crippen LogP contribution in [0.1, 0.15) is 6.92 Å². The summed E-state index contributed by atoms with van der Waals surface area (Å²) >= 11 is 0. The predicted octanol–water partition coefficient (Wildman–Crippen LogP) is 1.76. The normalized spacial score (nSPS) is 25.6. The van der Waals surface area contributed by atoms with Crippen molar-refractivity contribution in [3.63, 3.8) is 0 Å². The summed E-state index contributed by atoms with van der Waals surface area (Å²) in [6.07, 6.45) is 7.05. The van der Waals surface area contributed by atoms with Crippen molar-refractivity contribution in [3.05, 3.63) is 42.6 Å². The first-order chi connectivity index (χ1) is 10.8. The summed E-state index contributed by atoms with van der Waals surface area (Å²) in [5, 5.41) is 6.20. The molecule has 2 aliphatic heterocycles. The number of nitrogens with one attached hydrogen (secondary N) is 2. The van der Waals surface area contributed by atoms with Gasteiger partial charge < -0.3 is 5.32 Å². The highest BCUT2D eigenvalue weighted by Crippen LogP contribution is 2.20. The van der Waals surface area contributed by atoms with Gasteiger partial charge in [0.2, 0.25) is 0 Å². The third kappa shape index (κ3) is 2.92. The fourth-order valence-electron chi connectivity index (χ4n) is 2.54. The van der Waals surface area contributed by atoms with E-state index in [1.807, 2.05) is 55.8 Å². The molecule has 2 aliphatic rings. The largest absolute Gasteiger partial charge is 0.338 e. The lowest BCUT2D eigenvalue weighted by Gasteiger charge is -2.36. The maximum absolute atomic E-state index is 12.5. The number of anilines is 1. The Bertz CT molecular complexity index is 610. The maximum atomic E-state index is 12.5. The van der Waals surface area contributed by atoms with E-state index in [1.165, 1.54) is 0 Å². The van der Waals surface area contributed by atoms with Crippen LogP contribution in [0.15, 0.2) is 52.6 Å². The van der Waals surface area contributed by atoms with E-state index in [2.05, 4.69) is 20.6 Å².